The van der Waals surface area contributed by atoms with E-state index in [-0.39, 0.29) is 29.9 Å². The van der Waals surface area contributed by atoms with Crippen LogP contribution in [0.4, 0.5) is 5.82 Å². The van der Waals surface area contributed by atoms with Gasteiger partial charge in [-0.3, -0.25) is 9.59 Å². The Bertz CT molecular complexity index is 1250. The third-order valence-electron chi connectivity index (χ3n) is 5.33. The molecule has 32 heavy (non-hydrogen) atoms. The number of sulfonamides is 1. The molecule has 0 spiro atoms. The van der Waals surface area contributed by atoms with E-state index in [0.29, 0.717) is 37.1 Å². The van der Waals surface area contributed by atoms with Gasteiger partial charge in [-0.25, -0.2) is 13.4 Å². The molecule has 4 rings (SSSR count). The summed E-state index contributed by atoms with van der Waals surface area (Å²) < 4.78 is 32.3. The number of fused-ring (bicyclic) bond motifs is 1. The molecule has 1 aliphatic rings. The van der Waals surface area contributed by atoms with E-state index >= 15 is 0 Å². The largest absolute Gasteiger partial charge is 0.451 e. The Morgan fingerprint density at radius 2 is 1.81 bits per heavy atom. The smallest absolute Gasteiger partial charge is 0.287 e. The highest BCUT2D eigenvalue weighted by atomic mass is 32.2. The van der Waals surface area contributed by atoms with E-state index in [1.165, 1.54) is 4.31 Å². The van der Waals surface area contributed by atoms with Crippen molar-refractivity contribution in [1.29, 1.82) is 0 Å². The number of pyridine rings is 1. The number of anilines is 1. The van der Waals surface area contributed by atoms with Crippen molar-refractivity contribution < 1.29 is 17.6 Å². The molecule has 1 fully saturated rings. The second-order valence-corrected chi connectivity index (χ2v) is 9.56. The van der Waals surface area contributed by atoms with E-state index in [4.69, 9.17) is 4.42 Å². The molecule has 10 heteroatoms. The van der Waals surface area contributed by atoms with Gasteiger partial charge in [-0.05, 0) is 30.7 Å². The zero-order valence-electron chi connectivity index (χ0n) is 17.4. The summed E-state index contributed by atoms with van der Waals surface area (Å²) in [4.78, 5) is 30.8. The van der Waals surface area contributed by atoms with Crippen molar-refractivity contribution in [3.05, 3.63) is 70.7 Å². The number of piperazine rings is 1. The summed E-state index contributed by atoms with van der Waals surface area (Å²) in [6.45, 7) is 2.10. The maximum Gasteiger partial charge on any atom is 0.287 e. The number of aromatic nitrogens is 1. The number of amides is 1. The molecule has 1 saturated heterocycles. The van der Waals surface area contributed by atoms with Crippen molar-refractivity contribution >= 4 is 32.7 Å². The van der Waals surface area contributed by atoms with E-state index in [9.17, 15) is 18.0 Å². The lowest BCUT2D eigenvalue weighted by atomic mass is 10.2. The van der Waals surface area contributed by atoms with Gasteiger partial charge in [-0.15, -0.1) is 0 Å². The van der Waals surface area contributed by atoms with Crippen LogP contribution in [0.3, 0.4) is 0 Å². The third-order valence-corrected chi connectivity index (χ3v) is 7.28. The van der Waals surface area contributed by atoms with Gasteiger partial charge in [-0.1, -0.05) is 18.2 Å². The predicted octanol–water partition coefficient (Wildman–Crippen LogP) is 1.46. The van der Waals surface area contributed by atoms with Gasteiger partial charge in [-0.2, -0.15) is 4.31 Å². The SMILES string of the molecule is O=C(NCCCS(=O)(=O)N1CCN(c2ccccn2)CC1)c1cc(=O)c2ccccc2o1. The van der Waals surface area contributed by atoms with E-state index in [2.05, 4.69) is 15.2 Å². The highest BCUT2D eigenvalue weighted by molar-refractivity contribution is 7.89. The maximum atomic E-state index is 12.7. The molecule has 0 aliphatic carbocycles. The van der Waals surface area contributed by atoms with Crippen LogP contribution in [0, 0.1) is 0 Å². The van der Waals surface area contributed by atoms with Crippen LogP contribution in [0.1, 0.15) is 17.0 Å². The first kappa shape index (κ1) is 22.0. The van der Waals surface area contributed by atoms with Gasteiger partial charge in [0, 0.05) is 45.0 Å². The fourth-order valence-corrected chi connectivity index (χ4v) is 5.11. The first-order valence-corrected chi connectivity index (χ1v) is 12.0. The van der Waals surface area contributed by atoms with Crippen LogP contribution in [-0.2, 0) is 10.0 Å². The molecule has 1 N–H and O–H groups in total. The highest BCUT2D eigenvalue weighted by Gasteiger charge is 2.27. The Balaban J connectivity index is 1.26. The van der Waals surface area contributed by atoms with Crippen molar-refractivity contribution in [2.75, 3.05) is 43.4 Å². The van der Waals surface area contributed by atoms with Gasteiger partial charge in [0.05, 0.1) is 11.1 Å². The van der Waals surface area contributed by atoms with Crippen LogP contribution in [0.5, 0.6) is 0 Å². The Morgan fingerprint density at radius 1 is 1.06 bits per heavy atom. The van der Waals surface area contributed by atoms with Gasteiger partial charge >= 0.3 is 0 Å². The summed E-state index contributed by atoms with van der Waals surface area (Å²) in [5.41, 5.74) is 0.0296. The topological polar surface area (TPSA) is 113 Å². The molecule has 2 aromatic heterocycles. The van der Waals surface area contributed by atoms with E-state index in [0.717, 1.165) is 11.9 Å². The summed E-state index contributed by atoms with van der Waals surface area (Å²) in [6, 6.07) is 13.5. The monoisotopic (exact) mass is 456 g/mol. The normalized spacial score (nSPS) is 15.1. The van der Waals surface area contributed by atoms with Crippen LogP contribution in [0.15, 0.2) is 63.9 Å². The first-order valence-electron chi connectivity index (χ1n) is 10.4. The van der Waals surface area contributed by atoms with Gasteiger partial charge in [0.2, 0.25) is 10.0 Å². The molecule has 1 aromatic carbocycles. The lowest BCUT2D eigenvalue weighted by Crippen LogP contribution is -2.49. The minimum Gasteiger partial charge on any atom is -0.451 e. The van der Waals surface area contributed by atoms with Crippen LogP contribution >= 0.6 is 0 Å². The molecule has 1 aliphatic heterocycles. The number of nitrogens with one attached hydrogen (secondary N) is 1. The predicted molar refractivity (Wildman–Crippen MR) is 121 cm³/mol. The summed E-state index contributed by atoms with van der Waals surface area (Å²) in [5.74, 6) is 0.127. The summed E-state index contributed by atoms with van der Waals surface area (Å²) in [5, 5.41) is 3.03. The Kier molecular flexibility index (Phi) is 6.52. The van der Waals surface area contributed by atoms with Gasteiger partial charge in [0.1, 0.15) is 11.4 Å². The molecule has 1 amide bonds. The Labute approximate surface area is 185 Å². The molecule has 0 radical (unpaired) electrons. The number of nitrogens with zero attached hydrogens (tertiary/aromatic N) is 3. The molecular weight excluding hydrogens is 432 g/mol. The maximum absolute atomic E-state index is 12.7. The lowest BCUT2D eigenvalue weighted by molar-refractivity contribution is 0.0926. The van der Waals surface area contributed by atoms with Crippen LogP contribution in [0.25, 0.3) is 11.0 Å². The zero-order chi connectivity index (χ0) is 22.6. The van der Waals surface area contributed by atoms with Crippen molar-refractivity contribution in [2.24, 2.45) is 0 Å². The van der Waals surface area contributed by atoms with E-state index in [1.807, 2.05) is 18.2 Å². The van der Waals surface area contributed by atoms with Crippen molar-refractivity contribution in [1.82, 2.24) is 14.6 Å². The van der Waals surface area contributed by atoms with Crippen molar-refractivity contribution in [3.63, 3.8) is 0 Å². The number of hydrogen-bond donors (Lipinski definition) is 1. The summed E-state index contributed by atoms with van der Waals surface area (Å²) in [7, 11) is -3.43. The molecule has 0 bridgehead atoms. The number of carbonyl (C=O) groups excluding carboxylic acids is 1. The zero-order valence-corrected chi connectivity index (χ0v) is 18.3. The Morgan fingerprint density at radius 3 is 2.56 bits per heavy atom. The minimum absolute atomic E-state index is 0.0709. The van der Waals surface area contributed by atoms with Crippen LogP contribution < -0.4 is 15.6 Å². The third kappa shape index (κ3) is 4.97. The molecule has 0 saturated carbocycles. The second-order valence-electron chi connectivity index (χ2n) is 7.47. The van der Waals surface area contributed by atoms with E-state index in [1.54, 1.807) is 30.5 Å². The molecular formula is C22H24N4O5S. The lowest BCUT2D eigenvalue weighted by Gasteiger charge is -2.34. The van der Waals surface area contributed by atoms with Gasteiger partial charge < -0.3 is 14.6 Å². The van der Waals surface area contributed by atoms with Crippen molar-refractivity contribution in [2.45, 2.75) is 6.42 Å². The molecule has 0 atom stereocenters. The number of carbonyl (C=O) groups is 1. The number of hydrogen-bond acceptors (Lipinski definition) is 7. The number of rotatable bonds is 7. The highest BCUT2D eigenvalue weighted by Crippen LogP contribution is 2.15. The van der Waals surface area contributed by atoms with Gasteiger partial charge in [0.15, 0.2) is 11.2 Å². The molecule has 168 valence electrons. The fraction of sp³-hybridized carbons (Fsp3) is 0.318. The standard InChI is InChI=1S/C22H24N4O5S/c27-18-16-20(31-19-7-2-1-6-17(18)19)22(28)24-10-5-15-32(29,30)26-13-11-25(12-14-26)21-8-3-4-9-23-21/h1-4,6-9,16H,5,10-15H2,(H,24,28). The average Bonchev–Trinajstić information content (AvgIpc) is 2.82. The van der Waals surface area contributed by atoms with E-state index < -0.39 is 15.9 Å². The quantitative estimate of drug-likeness (QED) is 0.536. The van der Waals surface area contributed by atoms with Crippen LogP contribution in [0.2, 0.25) is 0 Å². The first-order chi connectivity index (χ1) is 15.4. The molecule has 0 unspecified atom stereocenters. The Hall–Kier alpha value is -3.24. The molecule has 9 nitrogen and oxygen atoms in total. The molecule has 3 heterocycles. The minimum atomic E-state index is -3.43. The fourth-order valence-electron chi connectivity index (χ4n) is 3.62. The number of benzene rings is 1. The number of para-hydroxylation sites is 1. The van der Waals surface area contributed by atoms with Crippen LogP contribution in [-0.4, -0.2) is 62.1 Å². The average molecular weight is 457 g/mol. The summed E-state index contributed by atoms with van der Waals surface area (Å²) >= 11 is 0. The second kappa shape index (κ2) is 9.49. The van der Waals surface area contributed by atoms with Gasteiger partial charge in [0.25, 0.3) is 5.91 Å². The summed E-state index contributed by atoms with van der Waals surface area (Å²) in [6.07, 6.45) is 1.97. The molecule has 3 aromatic rings. The van der Waals surface area contributed by atoms with Crippen molar-refractivity contribution in [3.8, 4) is 0 Å².